The minimum Gasteiger partial charge on any atom is -0.394 e. The number of imidazole rings is 1. The van der Waals surface area contributed by atoms with Crippen molar-refractivity contribution in [2.45, 2.75) is 19.1 Å². The van der Waals surface area contributed by atoms with Gasteiger partial charge in [-0.05, 0) is 0 Å². The first-order valence-electron chi connectivity index (χ1n) is 5.32. The van der Waals surface area contributed by atoms with Crippen LogP contribution >= 0.6 is 0 Å². The molecular weight excluding hydrogens is 261 g/mol. The van der Waals surface area contributed by atoms with Gasteiger partial charge in [-0.1, -0.05) is 0 Å². The van der Waals surface area contributed by atoms with Crippen LogP contribution < -0.4 is 11.5 Å². The molecule has 0 saturated heterocycles. The fraction of sp³-hybridized carbons (Fsp3) is 0.300. The number of nitrogens with zero attached hydrogens (tertiary/aromatic N) is 4. The maximum Gasteiger partial charge on any atom is 0.435 e. The van der Waals surface area contributed by atoms with Gasteiger partial charge in [0.25, 0.3) is 0 Å². The second-order valence-corrected chi connectivity index (χ2v) is 3.84. The zero-order valence-electron chi connectivity index (χ0n) is 9.72. The number of alkyl halides is 3. The summed E-state index contributed by atoms with van der Waals surface area (Å²) < 4.78 is 39.7. The van der Waals surface area contributed by atoms with E-state index in [2.05, 4.69) is 15.0 Å². The standard InChI is InChI=1S/C10H11F3N6/c11-10(12,13)8-7(14)9(15)18-6(17-8)1-3-19-4-2-16-5-19/h2,4-5H,1,3,14H2,(H2,15,17,18). The zero-order valence-corrected chi connectivity index (χ0v) is 9.72. The number of nitrogen functional groups attached to an aromatic ring is 2. The van der Waals surface area contributed by atoms with Crippen LogP contribution in [0.2, 0.25) is 0 Å². The molecular formula is C10H11F3N6. The van der Waals surface area contributed by atoms with Crippen LogP contribution in [0.1, 0.15) is 11.5 Å². The van der Waals surface area contributed by atoms with Crippen LogP contribution in [0.15, 0.2) is 18.7 Å². The van der Waals surface area contributed by atoms with Crippen LogP contribution in [-0.4, -0.2) is 19.5 Å². The van der Waals surface area contributed by atoms with Crippen LogP contribution in [0, 0.1) is 0 Å². The van der Waals surface area contributed by atoms with Gasteiger partial charge in [0.05, 0.1) is 6.33 Å². The van der Waals surface area contributed by atoms with E-state index in [9.17, 15) is 13.2 Å². The minimum atomic E-state index is -4.65. The Morgan fingerprint density at radius 3 is 2.53 bits per heavy atom. The van der Waals surface area contributed by atoms with E-state index in [1.54, 1.807) is 23.3 Å². The molecule has 0 aliphatic carbocycles. The average molecular weight is 272 g/mol. The quantitative estimate of drug-likeness (QED) is 0.872. The van der Waals surface area contributed by atoms with Crippen LogP contribution in [-0.2, 0) is 19.1 Å². The summed E-state index contributed by atoms with van der Waals surface area (Å²) in [4.78, 5) is 11.0. The Morgan fingerprint density at radius 1 is 1.21 bits per heavy atom. The highest BCUT2D eigenvalue weighted by atomic mass is 19.4. The van der Waals surface area contributed by atoms with Gasteiger partial charge in [0, 0.05) is 25.4 Å². The van der Waals surface area contributed by atoms with E-state index in [0.29, 0.717) is 6.54 Å². The third-order valence-corrected chi connectivity index (χ3v) is 2.44. The summed E-state index contributed by atoms with van der Waals surface area (Å²) in [5, 5.41) is 0. The molecule has 102 valence electrons. The summed E-state index contributed by atoms with van der Waals surface area (Å²) in [5.74, 6) is -0.365. The number of anilines is 2. The predicted octanol–water partition coefficient (Wildman–Crippen LogP) is 1.10. The molecule has 0 amide bonds. The average Bonchev–Trinajstić information content (AvgIpc) is 2.82. The molecule has 0 spiro atoms. The van der Waals surface area contributed by atoms with Crippen molar-refractivity contribution in [3.63, 3.8) is 0 Å². The Kier molecular flexibility index (Phi) is 3.28. The van der Waals surface area contributed by atoms with Gasteiger partial charge in [-0.3, -0.25) is 0 Å². The van der Waals surface area contributed by atoms with Crippen molar-refractivity contribution >= 4 is 11.5 Å². The second kappa shape index (κ2) is 4.75. The van der Waals surface area contributed by atoms with E-state index < -0.39 is 17.6 Å². The summed E-state index contributed by atoms with van der Waals surface area (Å²) >= 11 is 0. The van der Waals surface area contributed by atoms with Crippen LogP contribution in [0.25, 0.3) is 0 Å². The molecule has 0 fully saturated rings. The van der Waals surface area contributed by atoms with Gasteiger partial charge in [-0.25, -0.2) is 15.0 Å². The van der Waals surface area contributed by atoms with Gasteiger partial charge in [-0.2, -0.15) is 13.2 Å². The molecule has 0 aliphatic rings. The Morgan fingerprint density at radius 2 is 1.95 bits per heavy atom. The summed E-state index contributed by atoms with van der Waals surface area (Å²) in [6, 6.07) is 0. The summed E-state index contributed by atoms with van der Waals surface area (Å²) in [5.41, 5.74) is 8.78. The molecule has 0 unspecified atom stereocenters. The molecule has 0 atom stereocenters. The Hall–Kier alpha value is -2.32. The number of nitrogens with two attached hydrogens (primary N) is 2. The molecule has 2 rings (SSSR count). The lowest BCUT2D eigenvalue weighted by atomic mass is 10.3. The highest BCUT2D eigenvalue weighted by Gasteiger charge is 2.36. The smallest absolute Gasteiger partial charge is 0.394 e. The lowest BCUT2D eigenvalue weighted by Crippen LogP contribution is -2.17. The second-order valence-electron chi connectivity index (χ2n) is 3.84. The molecule has 2 aromatic rings. The maximum absolute atomic E-state index is 12.7. The highest BCUT2D eigenvalue weighted by Crippen LogP contribution is 2.33. The summed E-state index contributed by atoms with van der Waals surface area (Å²) in [6.07, 6.45) is 0.352. The molecule has 0 aromatic carbocycles. The van der Waals surface area contributed by atoms with Gasteiger partial charge in [-0.15, -0.1) is 0 Å². The molecule has 6 nitrogen and oxygen atoms in total. The van der Waals surface area contributed by atoms with Crippen LogP contribution in [0.3, 0.4) is 0 Å². The van der Waals surface area contributed by atoms with Crippen molar-refractivity contribution in [2.75, 3.05) is 11.5 Å². The van der Waals surface area contributed by atoms with Crippen molar-refractivity contribution in [1.82, 2.24) is 19.5 Å². The molecule has 19 heavy (non-hydrogen) atoms. The highest BCUT2D eigenvalue weighted by molar-refractivity contribution is 5.61. The van der Waals surface area contributed by atoms with Crippen molar-refractivity contribution in [3.05, 3.63) is 30.2 Å². The van der Waals surface area contributed by atoms with Gasteiger partial charge < -0.3 is 16.0 Å². The van der Waals surface area contributed by atoms with Gasteiger partial charge in [0.2, 0.25) is 0 Å². The van der Waals surface area contributed by atoms with Crippen LogP contribution in [0.5, 0.6) is 0 Å². The number of hydrogen-bond acceptors (Lipinski definition) is 5. The number of halogens is 3. The van der Waals surface area contributed by atoms with E-state index in [1.165, 1.54) is 0 Å². The molecule has 0 radical (unpaired) electrons. The lowest BCUT2D eigenvalue weighted by molar-refractivity contribution is -0.140. The first-order valence-corrected chi connectivity index (χ1v) is 5.32. The number of rotatable bonds is 3. The predicted molar refractivity (Wildman–Crippen MR) is 61.8 cm³/mol. The van der Waals surface area contributed by atoms with Crippen LogP contribution in [0.4, 0.5) is 24.7 Å². The molecule has 0 bridgehead atoms. The lowest BCUT2D eigenvalue weighted by Gasteiger charge is -2.12. The summed E-state index contributed by atoms with van der Waals surface area (Å²) in [6.45, 7) is 0.403. The summed E-state index contributed by atoms with van der Waals surface area (Å²) in [7, 11) is 0. The molecule has 2 aromatic heterocycles. The monoisotopic (exact) mass is 272 g/mol. The first kappa shape index (κ1) is 13.1. The van der Waals surface area contributed by atoms with Crippen molar-refractivity contribution in [2.24, 2.45) is 0 Å². The van der Waals surface area contributed by atoms with E-state index in [4.69, 9.17) is 11.5 Å². The van der Waals surface area contributed by atoms with Crippen molar-refractivity contribution < 1.29 is 13.2 Å². The third kappa shape index (κ3) is 2.92. The van der Waals surface area contributed by atoms with Crippen molar-refractivity contribution in [3.8, 4) is 0 Å². The molecule has 9 heteroatoms. The molecule has 2 heterocycles. The number of hydrogen-bond donors (Lipinski definition) is 2. The first-order chi connectivity index (χ1) is 8.88. The van der Waals surface area contributed by atoms with Crippen molar-refractivity contribution in [1.29, 1.82) is 0 Å². The van der Waals surface area contributed by atoms with Gasteiger partial charge >= 0.3 is 6.18 Å². The van der Waals surface area contributed by atoms with E-state index >= 15 is 0 Å². The topological polar surface area (TPSA) is 95.6 Å². The minimum absolute atomic E-state index is 0.00674. The largest absolute Gasteiger partial charge is 0.435 e. The van der Waals surface area contributed by atoms with E-state index in [-0.39, 0.29) is 18.1 Å². The maximum atomic E-state index is 12.7. The number of aromatic nitrogens is 4. The zero-order chi connectivity index (χ0) is 14.0. The van der Waals surface area contributed by atoms with E-state index in [1.807, 2.05) is 0 Å². The van der Waals surface area contributed by atoms with Gasteiger partial charge in [0.15, 0.2) is 11.5 Å². The normalized spacial score (nSPS) is 11.7. The fourth-order valence-corrected chi connectivity index (χ4v) is 1.51. The molecule has 0 saturated carbocycles. The number of aryl methyl sites for hydroxylation is 2. The Labute approximate surface area is 106 Å². The molecule has 4 N–H and O–H groups in total. The van der Waals surface area contributed by atoms with Gasteiger partial charge in [0.1, 0.15) is 11.5 Å². The Bertz CT molecular complexity index is 563. The SMILES string of the molecule is Nc1nc(CCn2ccnc2)nc(C(F)(F)F)c1N. The van der Waals surface area contributed by atoms with E-state index in [0.717, 1.165) is 0 Å². The fourth-order valence-electron chi connectivity index (χ4n) is 1.51. The molecule has 0 aliphatic heterocycles. The third-order valence-electron chi connectivity index (χ3n) is 2.44. The Balaban J connectivity index is 2.24.